The van der Waals surface area contributed by atoms with Crippen LogP contribution in [0.3, 0.4) is 0 Å². The fourth-order valence-electron chi connectivity index (χ4n) is 14.8. The number of benzene rings is 14. The van der Waals surface area contributed by atoms with Crippen molar-refractivity contribution < 1.29 is 0 Å². The number of nitrogens with zero attached hydrogens (tertiary/aromatic N) is 3. The summed E-state index contributed by atoms with van der Waals surface area (Å²) in [6.07, 6.45) is 4.34. The minimum Gasteiger partial charge on any atom is -0.354 e. The predicted octanol–water partition coefficient (Wildman–Crippen LogP) is 17.1. The van der Waals surface area contributed by atoms with Gasteiger partial charge in [-0.05, 0) is 126 Å². The molecule has 0 spiro atoms. The number of hydrogen-bond acceptors (Lipinski definition) is 0. The summed E-state index contributed by atoms with van der Waals surface area (Å²) in [7, 11) is -4.99. The average Bonchev–Trinajstić information content (AvgIpc) is 1.70. The third-order valence-corrected chi connectivity index (χ3v) is 28.8. The molecular formula is C88H65ClN4Si2. The monoisotopic (exact) mass is 1270 g/mol. The Hall–Kier alpha value is -11.5. The van der Waals surface area contributed by atoms with E-state index in [0.717, 1.165) is 16.4 Å². The smallest absolute Gasteiger partial charge is 0.179 e. The predicted molar refractivity (Wildman–Crippen MR) is 409 cm³/mol. The van der Waals surface area contributed by atoms with Crippen LogP contribution in [0.15, 0.2) is 389 Å². The summed E-state index contributed by atoms with van der Waals surface area (Å²) in [5, 5.41) is 19.4. The largest absolute Gasteiger partial charge is 0.354 e. The Morgan fingerprint density at radius 3 is 1.03 bits per heavy atom. The number of fused-ring (bicyclic) bond motifs is 10. The summed E-state index contributed by atoms with van der Waals surface area (Å²) in [4.78, 5) is 3.57. The lowest BCUT2D eigenvalue weighted by Gasteiger charge is -2.34. The molecule has 0 amide bonds. The molecule has 0 radical (unpaired) electrons. The lowest BCUT2D eigenvalue weighted by atomic mass is 10.1. The minimum absolute atomic E-state index is 0.769. The molecule has 0 fully saturated rings. The summed E-state index contributed by atoms with van der Waals surface area (Å²) in [5.41, 5.74) is 10.8. The molecule has 95 heavy (non-hydrogen) atoms. The van der Waals surface area contributed by atoms with Crippen molar-refractivity contribution in [3.63, 3.8) is 0 Å². The molecule has 7 heteroatoms. The van der Waals surface area contributed by atoms with E-state index in [-0.39, 0.29) is 0 Å². The number of rotatable bonds is 11. The Morgan fingerprint density at radius 2 is 0.579 bits per heavy atom. The van der Waals surface area contributed by atoms with Crippen molar-refractivity contribution >= 4 is 135 Å². The van der Waals surface area contributed by atoms with Crippen molar-refractivity contribution in [2.45, 2.75) is 0 Å². The molecule has 0 aliphatic carbocycles. The van der Waals surface area contributed by atoms with Crippen LogP contribution in [-0.4, -0.2) is 34.8 Å². The third kappa shape index (κ3) is 10.4. The first-order valence-electron chi connectivity index (χ1n) is 32.4. The Morgan fingerprint density at radius 1 is 0.232 bits per heavy atom. The number of H-pyrrole nitrogens is 1. The quantitative estimate of drug-likeness (QED) is 0.0988. The van der Waals surface area contributed by atoms with Crippen LogP contribution < -0.4 is 41.5 Å². The van der Waals surface area contributed by atoms with Crippen molar-refractivity contribution in [1.29, 1.82) is 0 Å². The highest BCUT2D eigenvalue weighted by Crippen LogP contribution is 2.38. The van der Waals surface area contributed by atoms with Crippen LogP contribution in [0.2, 0.25) is 5.02 Å². The molecule has 1 N–H and O–H groups in total. The lowest BCUT2D eigenvalue weighted by molar-refractivity contribution is 1.13. The molecule has 0 unspecified atom stereocenters. The summed E-state index contributed by atoms with van der Waals surface area (Å²) < 4.78 is 6.99. The Kier molecular flexibility index (Phi) is 15.7. The highest BCUT2D eigenvalue weighted by atomic mass is 35.5. The van der Waals surface area contributed by atoms with Gasteiger partial charge in [-0.1, -0.05) is 303 Å². The van der Waals surface area contributed by atoms with Crippen LogP contribution in [0.1, 0.15) is 0 Å². The standard InChI is InChI=1S/C44H32N2Si.C24H19ClSi.C20H14N2/c1-5-15-33(16-6-1)45-32-31-41-42(45)30-29-40-39-23-13-14-24-43(39)46(44(40)41)34-25-27-38(28-26-34)47(35-17-7-2-8-18-35,36-19-9-3-10-20-36)37-21-11-4-12-22-37;25-20-16-18-24(19-17-20)26(21-10-4-1-5-11-21,22-12-6-2-7-13-22)23-14-8-3-9-15-23;1-2-6-14(7-3-1)22-13-12-17-19(22)11-10-16-15-8-4-5-9-18(15)21-20(16)17/h1-32H;1-19H;1-13,21H. The summed E-state index contributed by atoms with van der Waals surface area (Å²) in [6.45, 7) is 0. The van der Waals surface area contributed by atoms with E-state index in [1.807, 2.05) is 18.2 Å². The van der Waals surface area contributed by atoms with Gasteiger partial charge in [-0.25, -0.2) is 0 Å². The SMILES string of the molecule is Clc1ccc([Si](c2ccccc2)(c2ccccc2)c2ccccc2)cc1.c1ccc(-n2ccc3c2ccc2c4ccccc4n(-c4ccc([Si](c5ccccc5)(c5ccccc5)c5ccccc5)cc4)c23)cc1.c1ccc(-n2ccc3c4[nH]c5ccccc5c4ccc32)cc1. The van der Waals surface area contributed by atoms with Crippen molar-refractivity contribution in [2.24, 2.45) is 0 Å². The van der Waals surface area contributed by atoms with E-state index in [4.69, 9.17) is 11.6 Å². The van der Waals surface area contributed by atoms with Crippen molar-refractivity contribution in [1.82, 2.24) is 18.7 Å². The molecule has 452 valence electrons. The molecule has 4 aromatic heterocycles. The fraction of sp³-hybridized carbons (Fsp3) is 0. The number of hydrogen-bond donors (Lipinski definition) is 1. The molecule has 0 aliphatic heterocycles. The van der Waals surface area contributed by atoms with Crippen LogP contribution in [0.5, 0.6) is 0 Å². The maximum absolute atomic E-state index is 6.22. The van der Waals surface area contributed by atoms with Crippen LogP contribution in [0.4, 0.5) is 0 Å². The van der Waals surface area contributed by atoms with Crippen molar-refractivity contribution in [3.8, 4) is 17.1 Å². The van der Waals surface area contributed by atoms with Crippen molar-refractivity contribution in [2.75, 3.05) is 0 Å². The zero-order chi connectivity index (χ0) is 63.6. The summed E-state index contributed by atoms with van der Waals surface area (Å²) in [5.74, 6) is 0. The highest BCUT2D eigenvalue weighted by Gasteiger charge is 2.42. The Bertz CT molecular complexity index is 5430. The van der Waals surface area contributed by atoms with Gasteiger partial charge in [-0.15, -0.1) is 0 Å². The van der Waals surface area contributed by atoms with E-state index < -0.39 is 16.1 Å². The normalized spacial score (nSPS) is 11.6. The highest BCUT2D eigenvalue weighted by molar-refractivity contribution is 7.20. The topological polar surface area (TPSA) is 30.6 Å². The molecule has 4 nitrogen and oxygen atoms in total. The van der Waals surface area contributed by atoms with Gasteiger partial charge in [0, 0.05) is 72.3 Å². The van der Waals surface area contributed by atoms with E-state index in [1.165, 1.54) is 113 Å². The van der Waals surface area contributed by atoms with Gasteiger partial charge in [0.25, 0.3) is 0 Å². The maximum atomic E-state index is 6.22. The Balaban J connectivity index is 0.000000124. The molecule has 0 atom stereocenters. The molecule has 18 rings (SSSR count). The Labute approximate surface area is 560 Å². The summed E-state index contributed by atoms with van der Waals surface area (Å²) in [6, 6.07) is 136. The molecule has 0 saturated carbocycles. The van der Waals surface area contributed by atoms with Gasteiger partial charge in [0.15, 0.2) is 16.1 Å². The van der Waals surface area contributed by atoms with E-state index in [9.17, 15) is 0 Å². The molecule has 0 aliphatic rings. The van der Waals surface area contributed by atoms with Gasteiger partial charge in [-0.3, -0.25) is 0 Å². The molecule has 14 aromatic carbocycles. The number of nitrogens with one attached hydrogen (secondary N) is 1. The fourth-order valence-corrected chi connectivity index (χ4v) is 24.4. The van der Waals surface area contributed by atoms with E-state index in [1.54, 1.807) is 0 Å². The van der Waals surface area contributed by atoms with E-state index >= 15 is 0 Å². The summed E-state index contributed by atoms with van der Waals surface area (Å²) >= 11 is 6.22. The van der Waals surface area contributed by atoms with Gasteiger partial charge >= 0.3 is 0 Å². The molecular weight excluding hydrogens is 1200 g/mol. The second kappa shape index (κ2) is 25.5. The minimum atomic E-state index is -2.61. The number of para-hydroxylation sites is 4. The van der Waals surface area contributed by atoms with Crippen LogP contribution in [0, 0.1) is 0 Å². The molecule has 18 aromatic rings. The second-order valence-electron chi connectivity index (χ2n) is 24.1. The molecule has 0 bridgehead atoms. The van der Waals surface area contributed by atoms with Crippen LogP contribution >= 0.6 is 11.6 Å². The van der Waals surface area contributed by atoms with Gasteiger partial charge in [0.1, 0.15) is 0 Å². The number of halogens is 1. The van der Waals surface area contributed by atoms with E-state index in [0.29, 0.717) is 0 Å². The first-order valence-corrected chi connectivity index (χ1v) is 36.8. The number of aromatic nitrogens is 4. The average molecular weight is 1270 g/mol. The number of aromatic amines is 1. The van der Waals surface area contributed by atoms with Crippen LogP contribution in [-0.2, 0) is 0 Å². The van der Waals surface area contributed by atoms with Crippen LogP contribution in [0.25, 0.3) is 82.5 Å². The zero-order valence-corrected chi connectivity index (χ0v) is 54.9. The van der Waals surface area contributed by atoms with Gasteiger partial charge in [0.05, 0.1) is 27.6 Å². The molecule has 0 saturated heterocycles. The van der Waals surface area contributed by atoms with Gasteiger partial charge < -0.3 is 18.7 Å². The lowest BCUT2D eigenvalue weighted by Crippen LogP contribution is -2.74. The van der Waals surface area contributed by atoms with Gasteiger partial charge in [0.2, 0.25) is 0 Å². The van der Waals surface area contributed by atoms with E-state index in [2.05, 4.69) is 389 Å². The van der Waals surface area contributed by atoms with Gasteiger partial charge in [-0.2, -0.15) is 0 Å². The first kappa shape index (κ1) is 58.6. The van der Waals surface area contributed by atoms with Crippen molar-refractivity contribution in [3.05, 3.63) is 394 Å². The zero-order valence-electron chi connectivity index (χ0n) is 52.2. The maximum Gasteiger partial charge on any atom is 0.179 e. The second-order valence-corrected chi connectivity index (χ2v) is 32.2. The first-order chi connectivity index (χ1) is 47.1. The molecule has 4 heterocycles. The third-order valence-electron chi connectivity index (χ3n) is 19.0.